The molecule has 0 radical (unpaired) electrons. The van der Waals surface area contributed by atoms with E-state index >= 15 is 0 Å². The molecule has 1 aromatic heterocycles. The second-order valence-electron chi connectivity index (χ2n) is 6.83. The molecule has 9 heteroatoms. The van der Waals surface area contributed by atoms with Crippen molar-refractivity contribution >= 4 is 35.0 Å². The molecule has 1 N–H and O–H groups in total. The van der Waals surface area contributed by atoms with Gasteiger partial charge in [0.1, 0.15) is 0 Å². The summed E-state index contributed by atoms with van der Waals surface area (Å²) >= 11 is 1.27. The van der Waals surface area contributed by atoms with E-state index in [4.69, 9.17) is 0 Å². The SMILES string of the molecule is Cc1ccccc1-n1nnnc1SCC(=O)N1c2ccccc2NC(=O)C[C@@H]1C. The molecule has 3 aromatic rings. The summed E-state index contributed by atoms with van der Waals surface area (Å²) < 4.78 is 1.64. The number of hydrogen-bond donors (Lipinski definition) is 1. The molecule has 0 spiro atoms. The Labute approximate surface area is 172 Å². The van der Waals surface area contributed by atoms with Crippen molar-refractivity contribution in [3.8, 4) is 5.69 Å². The van der Waals surface area contributed by atoms with Crippen LogP contribution in [0, 0.1) is 6.92 Å². The van der Waals surface area contributed by atoms with Crippen LogP contribution >= 0.6 is 11.8 Å². The van der Waals surface area contributed by atoms with E-state index in [1.165, 1.54) is 11.8 Å². The molecule has 8 nitrogen and oxygen atoms in total. The van der Waals surface area contributed by atoms with Crippen LogP contribution in [0.25, 0.3) is 5.69 Å². The van der Waals surface area contributed by atoms with Crippen molar-refractivity contribution in [3.63, 3.8) is 0 Å². The van der Waals surface area contributed by atoms with Crippen LogP contribution in [0.5, 0.6) is 0 Å². The van der Waals surface area contributed by atoms with E-state index in [-0.39, 0.29) is 30.0 Å². The first-order valence-electron chi connectivity index (χ1n) is 9.22. The Morgan fingerprint density at radius 3 is 2.69 bits per heavy atom. The number of nitrogens with one attached hydrogen (secondary N) is 1. The van der Waals surface area contributed by atoms with E-state index in [9.17, 15) is 9.59 Å². The van der Waals surface area contributed by atoms with Crippen molar-refractivity contribution in [2.45, 2.75) is 31.5 Å². The van der Waals surface area contributed by atoms with Gasteiger partial charge < -0.3 is 10.2 Å². The number of fused-ring (bicyclic) bond motifs is 1. The van der Waals surface area contributed by atoms with E-state index in [0.29, 0.717) is 16.5 Å². The Kier molecular flexibility index (Phi) is 5.30. The monoisotopic (exact) mass is 408 g/mol. The van der Waals surface area contributed by atoms with Crippen LogP contribution < -0.4 is 10.2 Å². The van der Waals surface area contributed by atoms with Gasteiger partial charge in [0, 0.05) is 12.5 Å². The highest BCUT2D eigenvalue weighted by atomic mass is 32.2. The summed E-state index contributed by atoms with van der Waals surface area (Å²) in [7, 11) is 0. The predicted octanol–water partition coefficient (Wildman–Crippen LogP) is 2.83. The molecule has 148 valence electrons. The second kappa shape index (κ2) is 8.04. The van der Waals surface area contributed by atoms with E-state index in [1.807, 2.05) is 56.3 Å². The zero-order chi connectivity index (χ0) is 20.4. The quantitative estimate of drug-likeness (QED) is 0.668. The highest BCUT2D eigenvalue weighted by Gasteiger charge is 2.29. The minimum Gasteiger partial charge on any atom is -0.324 e. The number of tetrazole rings is 1. The summed E-state index contributed by atoms with van der Waals surface area (Å²) in [5.74, 6) is -0.0544. The Balaban J connectivity index is 1.56. The van der Waals surface area contributed by atoms with Gasteiger partial charge in [0.15, 0.2) is 0 Å². The molecule has 29 heavy (non-hydrogen) atoms. The number of benzene rings is 2. The zero-order valence-electron chi connectivity index (χ0n) is 16.1. The fourth-order valence-corrected chi connectivity index (χ4v) is 4.13. The number of anilines is 2. The van der Waals surface area contributed by atoms with E-state index in [2.05, 4.69) is 20.8 Å². The molecular weight excluding hydrogens is 388 g/mol. The number of aryl methyl sites for hydroxylation is 1. The smallest absolute Gasteiger partial charge is 0.237 e. The number of carbonyl (C=O) groups excluding carboxylic acids is 2. The lowest BCUT2D eigenvalue weighted by molar-refractivity contribution is -0.117. The van der Waals surface area contributed by atoms with Crippen LogP contribution in [0.3, 0.4) is 0 Å². The van der Waals surface area contributed by atoms with Crippen LogP contribution in [-0.4, -0.2) is 43.8 Å². The Morgan fingerprint density at radius 1 is 1.17 bits per heavy atom. The van der Waals surface area contributed by atoms with Crippen molar-refractivity contribution in [1.29, 1.82) is 0 Å². The van der Waals surface area contributed by atoms with Crippen LogP contribution in [0.4, 0.5) is 11.4 Å². The normalized spacial score (nSPS) is 16.1. The van der Waals surface area contributed by atoms with Crippen LogP contribution in [-0.2, 0) is 9.59 Å². The number of carbonyl (C=O) groups is 2. The number of hydrogen-bond acceptors (Lipinski definition) is 6. The van der Waals surface area contributed by atoms with Gasteiger partial charge in [-0.1, -0.05) is 42.1 Å². The fourth-order valence-electron chi connectivity index (χ4n) is 3.38. The number of para-hydroxylation sites is 3. The maximum Gasteiger partial charge on any atom is 0.237 e. The molecule has 2 aromatic carbocycles. The van der Waals surface area contributed by atoms with Gasteiger partial charge >= 0.3 is 0 Å². The van der Waals surface area contributed by atoms with E-state index in [0.717, 1.165) is 11.3 Å². The third-order valence-electron chi connectivity index (χ3n) is 4.74. The molecule has 4 rings (SSSR count). The number of amides is 2. The highest BCUT2D eigenvalue weighted by Crippen LogP contribution is 2.32. The molecule has 0 saturated heterocycles. The lowest BCUT2D eigenvalue weighted by Gasteiger charge is -2.27. The number of thioether (sulfide) groups is 1. The summed E-state index contributed by atoms with van der Waals surface area (Å²) in [6.45, 7) is 3.86. The standard InChI is InChI=1S/C20H20N6O2S/c1-13-7-3-5-9-16(13)26-20(22-23-24-26)29-12-19(28)25-14(2)11-18(27)21-15-8-4-6-10-17(15)25/h3-10,14H,11-12H2,1-2H3,(H,21,27)/t14-/m0/s1. The molecule has 0 saturated carbocycles. The molecule has 0 fully saturated rings. The van der Waals surface area contributed by atoms with Gasteiger partial charge in [-0.25, -0.2) is 0 Å². The molecule has 0 bridgehead atoms. The van der Waals surface area contributed by atoms with Crippen LogP contribution in [0.15, 0.2) is 53.7 Å². The third-order valence-corrected chi connectivity index (χ3v) is 5.64. The lowest BCUT2D eigenvalue weighted by Crippen LogP contribution is -2.40. The van der Waals surface area contributed by atoms with Gasteiger partial charge in [-0.3, -0.25) is 9.59 Å². The average Bonchev–Trinajstić information content (AvgIpc) is 3.11. The van der Waals surface area contributed by atoms with Gasteiger partial charge in [-0.2, -0.15) is 4.68 Å². The summed E-state index contributed by atoms with van der Waals surface area (Å²) in [4.78, 5) is 26.9. The van der Waals surface area contributed by atoms with Crippen LogP contribution in [0.2, 0.25) is 0 Å². The molecule has 1 aliphatic heterocycles. The molecule has 0 unspecified atom stereocenters. The third kappa shape index (κ3) is 3.86. The first-order chi connectivity index (χ1) is 14.0. The molecule has 2 heterocycles. The van der Waals surface area contributed by atoms with E-state index < -0.39 is 0 Å². The number of aromatic nitrogens is 4. The Hall–Kier alpha value is -3.20. The summed E-state index contributed by atoms with van der Waals surface area (Å²) in [5, 5.41) is 15.3. The maximum absolute atomic E-state index is 13.1. The topological polar surface area (TPSA) is 93.0 Å². The Morgan fingerprint density at radius 2 is 1.90 bits per heavy atom. The maximum atomic E-state index is 13.1. The van der Waals surface area contributed by atoms with Gasteiger partial charge in [-0.15, -0.1) is 5.10 Å². The first-order valence-corrected chi connectivity index (χ1v) is 10.2. The minimum absolute atomic E-state index is 0.101. The van der Waals surface area contributed by atoms with Crippen molar-refractivity contribution in [1.82, 2.24) is 20.2 Å². The largest absolute Gasteiger partial charge is 0.324 e. The summed E-state index contributed by atoms with van der Waals surface area (Å²) in [6, 6.07) is 14.9. The molecule has 1 atom stereocenters. The second-order valence-corrected chi connectivity index (χ2v) is 7.77. The van der Waals surface area contributed by atoms with Crippen molar-refractivity contribution < 1.29 is 9.59 Å². The van der Waals surface area contributed by atoms with Crippen LogP contribution in [0.1, 0.15) is 18.9 Å². The minimum atomic E-state index is -0.251. The first kappa shape index (κ1) is 19.1. The van der Waals surface area contributed by atoms with Crippen molar-refractivity contribution in [2.75, 3.05) is 16.0 Å². The Bertz CT molecular complexity index is 1070. The van der Waals surface area contributed by atoms with E-state index in [1.54, 1.807) is 15.6 Å². The number of nitrogens with zero attached hydrogens (tertiary/aromatic N) is 5. The summed E-state index contributed by atoms with van der Waals surface area (Å²) in [5.41, 5.74) is 3.25. The zero-order valence-corrected chi connectivity index (χ0v) is 16.9. The number of rotatable bonds is 4. The average molecular weight is 408 g/mol. The van der Waals surface area contributed by atoms with Gasteiger partial charge in [-0.05, 0) is 48.0 Å². The molecule has 2 amide bonds. The molecular formula is C20H20N6O2S. The molecule has 0 aliphatic carbocycles. The van der Waals surface area contributed by atoms with Gasteiger partial charge in [0.05, 0.1) is 22.8 Å². The predicted molar refractivity (Wildman–Crippen MR) is 111 cm³/mol. The molecule has 1 aliphatic rings. The highest BCUT2D eigenvalue weighted by molar-refractivity contribution is 7.99. The van der Waals surface area contributed by atoms with Gasteiger partial charge in [0.2, 0.25) is 17.0 Å². The fraction of sp³-hybridized carbons (Fsp3) is 0.250. The van der Waals surface area contributed by atoms with Crippen molar-refractivity contribution in [3.05, 3.63) is 54.1 Å². The van der Waals surface area contributed by atoms with Gasteiger partial charge in [0.25, 0.3) is 0 Å². The summed E-state index contributed by atoms with van der Waals surface area (Å²) in [6.07, 6.45) is 0.242. The lowest BCUT2D eigenvalue weighted by atomic mass is 10.2. The van der Waals surface area contributed by atoms with Crippen molar-refractivity contribution in [2.24, 2.45) is 0 Å².